The van der Waals surface area contributed by atoms with Crippen LogP contribution in [-0.2, 0) is 14.8 Å². The van der Waals surface area contributed by atoms with Crippen molar-refractivity contribution in [3.63, 3.8) is 0 Å². The van der Waals surface area contributed by atoms with Crippen molar-refractivity contribution in [3.8, 4) is 17.1 Å². The van der Waals surface area contributed by atoms with E-state index in [0.717, 1.165) is 18.5 Å². The lowest BCUT2D eigenvalue weighted by atomic mass is 10.2. The van der Waals surface area contributed by atoms with Crippen LogP contribution in [0.2, 0.25) is 0 Å². The molecule has 2 heterocycles. The number of para-hydroxylation sites is 1. The Labute approximate surface area is 204 Å². The standard InChI is InChI=1S/C24H29N5O3S2/c1-18(2)16-25-22(30)17-33-24-27-26-23(29(24)20-10-4-3-5-11-20)19-9-8-12-21(15-19)34(31,32)28-13-6-7-14-28/h3-5,8-12,15,18H,6-7,13-14,16-17H2,1-2H3,(H,25,30). The van der Waals surface area contributed by atoms with Crippen molar-refractivity contribution in [2.45, 2.75) is 36.7 Å². The minimum absolute atomic E-state index is 0.0680. The van der Waals surface area contributed by atoms with Crippen LogP contribution in [0.3, 0.4) is 0 Å². The molecule has 1 saturated heterocycles. The van der Waals surface area contributed by atoms with Crippen LogP contribution in [0.4, 0.5) is 0 Å². The Morgan fingerprint density at radius 2 is 1.79 bits per heavy atom. The van der Waals surface area contributed by atoms with Crippen LogP contribution in [0.5, 0.6) is 0 Å². The highest BCUT2D eigenvalue weighted by molar-refractivity contribution is 7.99. The number of amides is 1. The molecule has 0 unspecified atom stereocenters. The van der Waals surface area contributed by atoms with Crippen molar-refractivity contribution >= 4 is 27.7 Å². The van der Waals surface area contributed by atoms with Gasteiger partial charge in [0.25, 0.3) is 0 Å². The van der Waals surface area contributed by atoms with Crippen molar-refractivity contribution in [2.75, 3.05) is 25.4 Å². The molecule has 0 bridgehead atoms. The van der Waals surface area contributed by atoms with E-state index in [9.17, 15) is 13.2 Å². The molecule has 0 radical (unpaired) electrons. The monoisotopic (exact) mass is 499 g/mol. The minimum atomic E-state index is -3.56. The molecule has 0 spiro atoms. The zero-order chi connectivity index (χ0) is 24.1. The molecular formula is C24H29N5O3S2. The van der Waals surface area contributed by atoms with E-state index in [1.54, 1.807) is 18.2 Å². The summed E-state index contributed by atoms with van der Waals surface area (Å²) in [5.74, 6) is 1.04. The van der Waals surface area contributed by atoms with Crippen LogP contribution in [0, 0.1) is 5.92 Å². The van der Waals surface area contributed by atoms with Gasteiger partial charge in [-0.05, 0) is 43.0 Å². The normalized spacial score (nSPS) is 14.6. The maximum absolute atomic E-state index is 13.1. The highest BCUT2D eigenvalue weighted by atomic mass is 32.2. The molecule has 8 nitrogen and oxygen atoms in total. The molecule has 4 rings (SSSR count). The van der Waals surface area contributed by atoms with Gasteiger partial charge in [-0.3, -0.25) is 9.36 Å². The second-order valence-corrected chi connectivity index (χ2v) is 11.5. The van der Waals surface area contributed by atoms with Gasteiger partial charge in [-0.2, -0.15) is 4.31 Å². The van der Waals surface area contributed by atoms with Crippen LogP contribution in [0.25, 0.3) is 17.1 Å². The zero-order valence-electron chi connectivity index (χ0n) is 19.3. The van der Waals surface area contributed by atoms with Gasteiger partial charge in [0.2, 0.25) is 15.9 Å². The first kappa shape index (κ1) is 24.4. The maximum atomic E-state index is 13.1. The van der Waals surface area contributed by atoms with E-state index >= 15 is 0 Å². The van der Waals surface area contributed by atoms with Gasteiger partial charge in [-0.15, -0.1) is 10.2 Å². The molecule has 0 aliphatic carbocycles. The summed E-state index contributed by atoms with van der Waals surface area (Å²) in [5, 5.41) is 12.2. The van der Waals surface area contributed by atoms with Gasteiger partial charge in [0.15, 0.2) is 11.0 Å². The number of hydrogen-bond acceptors (Lipinski definition) is 6. The van der Waals surface area contributed by atoms with Crippen LogP contribution in [-0.4, -0.2) is 58.8 Å². The van der Waals surface area contributed by atoms with E-state index in [4.69, 9.17) is 0 Å². The van der Waals surface area contributed by atoms with Gasteiger partial charge < -0.3 is 5.32 Å². The van der Waals surface area contributed by atoms with Gasteiger partial charge in [0.05, 0.1) is 10.6 Å². The minimum Gasteiger partial charge on any atom is -0.355 e. The van der Waals surface area contributed by atoms with Gasteiger partial charge in [0, 0.05) is 30.9 Å². The fourth-order valence-electron chi connectivity index (χ4n) is 3.73. The van der Waals surface area contributed by atoms with Crippen molar-refractivity contribution in [1.82, 2.24) is 24.4 Å². The molecule has 1 fully saturated rings. The summed E-state index contributed by atoms with van der Waals surface area (Å²) in [6.45, 7) is 5.81. The summed E-state index contributed by atoms with van der Waals surface area (Å²) >= 11 is 1.30. The summed E-state index contributed by atoms with van der Waals surface area (Å²) in [7, 11) is -3.56. The Morgan fingerprint density at radius 3 is 2.50 bits per heavy atom. The Balaban J connectivity index is 1.67. The summed E-state index contributed by atoms with van der Waals surface area (Å²) in [6, 6.07) is 16.4. The van der Waals surface area contributed by atoms with E-state index in [1.165, 1.54) is 16.1 Å². The first-order chi connectivity index (χ1) is 16.4. The Hall–Kier alpha value is -2.69. The van der Waals surface area contributed by atoms with Crippen molar-refractivity contribution < 1.29 is 13.2 Å². The Bertz CT molecular complexity index is 1240. The van der Waals surface area contributed by atoms with Crippen molar-refractivity contribution in [2.24, 2.45) is 5.92 Å². The van der Waals surface area contributed by atoms with Gasteiger partial charge in [0.1, 0.15) is 0 Å². The highest BCUT2D eigenvalue weighted by Gasteiger charge is 2.28. The van der Waals surface area contributed by atoms with E-state index in [0.29, 0.717) is 42.1 Å². The quantitative estimate of drug-likeness (QED) is 0.452. The fourth-order valence-corrected chi connectivity index (χ4v) is 6.08. The fraction of sp³-hybridized carbons (Fsp3) is 0.375. The van der Waals surface area contributed by atoms with Gasteiger partial charge in [-0.1, -0.05) is 55.9 Å². The van der Waals surface area contributed by atoms with Crippen LogP contribution < -0.4 is 5.32 Å². The molecule has 3 aromatic rings. The van der Waals surface area contributed by atoms with Gasteiger partial charge in [-0.25, -0.2) is 8.42 Å². The van der Waals surface area contributed by atoms with E-state index < -0.39 is 10.0 Å². The molecule has 1 aliphatic rings. The average molecular weight is 500 g/mol. The zero-order valence-corrected chi connectivity index (χ0v) is 21.0. The van der Waals surface area contributed by atoms with Crippen molar-refractivity contribution in [3.05, 3.63) is 54.6 Å². The van der Waals surface area contributed by atoms with Crippen LogP contribution >= 0.6 is 11.8 Å². The SMILES string of the molecule is CC(C)CNC(=O)CSc1nnc(-c2cccc(S(=O)(=O)N3CCCC3)c2)n1-c1ccccc1. The molecule has 1 aromatic heterocycles. The topological polar surface area (TPSA) is 97.2 Å². The Morgan fingerprint density at radius 1 is 1.06 bits per heavy atom. The molecule has 34 heavy (non-hydrogen) atoms. The number of nitrogens with zero attached hydrogens (tertiary/aromatic N) is 4. The smallest absolute Gasteiger partial charge is 0.243 e. The molecule has 1 amide bonds. The first-order valence-electron chi connectivity index (χ1n) is 11.4. The van der Waals surface area contributed by atoms with E-state index in [-0.39, 0.29) is 16.6 Å². The third-order valence-corrected chi connectivity index (χ3v) is 8.31. The van der Waals surface area contributed by atoms with Crippen LogP contribution in [0.1, 0.15) is 26.7 Å². The molecule has 0 saturated carbocycles. The molecule has 0 atom stereocenters. The Kier molecular flexibility index (Phi) is 7.70. The average Bonchev–Trinajstić information content (AvgIpc) is 3.53. The second-order valence-electron chi connectivity index (χ2n) is 8.60. The third-order valence-electron chi connectivity index (χ3n) is 5.48. The molecule has 10 heteroatoms. The van der Waals surface area contributed by atoms with Crippen molar-refractivity contribution in [1.29, 1.82) is 0 Å². The number of rotatable bonds is 9. The number of thioether (sulfide) groups is 1. The maximum Gasteiger partial charge on any atom is 0.243 e. The largest absolute Gasteiger partial charge is 0.355 e. The summed E-state index contributed by atoms with van der Waals surface area (Å²) in [4.78, 5) is 12.5. The third kappa shape index (κ3) is 5.51. The van der Waals surface area contributed by atoms with E-state index in [1.807, 2.05) is 54.8 Å². The predicted molar refractivity (Wildman–Crippen MR) is 133 cm³/mol. The summed E-state index contributed by atoms with van der Waals surface area (Å²) in [5.41, 5.74) is 1.48. The molecule has 2 aromatic carbocycles. The van der Waals surface area contributed by atoms with Crippen LogP contribution in [0.15, 0.2) is 64.6 Å². The lowest BCUT2D eigenvalue weighted by Gasteiger charge is -2.16. The van der Waals surface area contributed by atoms with E-state index in [2.05, 4.69) is 15.5 Å². The summed E-state index contributed by atoms with van der Waals surface area (Å²) in [6.07, 6.45) is 1.76. The lowest BCUT2D eigenvalue weighted by molar-refractivity contribution is -0.118. The molecular weight excluding hydrogens is 470 g/mol. The number of carbonyl (C=O) groups is 1. The predicted octanol–water partition coefficient (Wildman–Crippen LogP) is 3.58. The number of nitrogens with one attached hydrogen (secondary N) is 1. The molecule has 180 valence electrons. The number of aromatic nitrogens is 3. The highest BCUT2D eigenvalue weighted by Crippen LogP contribution is 2.30. The number of sulfonamides is 1. The first-order valence-corrected chi connectivity index (χ1v) is 13.8. The second kappa shape index (κ2) is 10.7. The molecule has 1 aliphatic heterocycles. The number of carbonyl (C=O) groups excluding carboxylic acids is 1. The number of benzene rings is 2. The summed E-state index contributed by atoms with van der Waals surface area (Å²) < 4.78 is 29.6. The van der Waals surface area contributed by atoms with Gasteiger partial charge >= 0.3 is 0 Å². The lowest BCUT2D eigenvalue weighted by Crippen LogP contribution is -2.28. The molecule has 1 N–H and O–H groups in total. The number of hydrogen-bond donors (Lipinski definition) is 1.